The molecular weight excluding hydrogens is 260 g/mol. The lowest BCUT2D eigenvalue weighted by Gasteiger charge is -1.96. The van der Waals surface area contributed by atoms with Gasteiger partial charge in [0.1, 0.15) is 0 Å². The molecule has 0 saturated heterocycles. The highest BCUT2D eigenvalue weighted by molar-refractivity contribution is 7.90. The first-order chi connectivity index (χ1) is 8.80. The molecule has 0 radical (unpaired) electrons. The van der Waals surface area contributed by atoms with E-state index >= 15 is 0 Å². The van der Waals surface area contributed by atoms with Crippen LogP contribution in [0.3, 0.4) is 0 Å². The molecule has 0 amide bonds. The summed E-state index contributed by atoms with van der Waals surface area (Å²) in [7, 11) is -3.14. The van der Waals surface area contributed by atoms with Crippen molar-refractivity contribution in [2.24, 2.45) is 0 Å². The van der Waals surface area contributed by atoms with Crippen LogP contribution in [-0.2, 0) is 9.84 Å². The number of aromatic nitrogens is 2. The molecule has 0 aliphatic rings. The zero-order valence-corrected chi connectivity index (χ0v) is 12.4. The van der Waals surface area contributed by atoms with Crippen LogP contribution in [0.15, 0.2) is 41.6 Å². The fraction of sp³-hybridized carbons (Fsp3) is 0.286. The third-order valence-electron chi connectivity index (χ3n) is 2.51. The second-order valence-corrected chi connectivity index (χ2v) is 6.26. The van der Waals surface area contributed by atoms with Crippen LogP contribution in [-0.4, -0.2) is 24.6 Å². The SMILES string of the molecule is Cc1cccc(S(C)(=O)=O)n1.Cc1cccnc1C. The van der Waals surface area contributed by atoms with E-state index in [4.69, 9.17) is 0 Å². The molecule has 0 aromatic carbocycles. The maximum Gasteiger partial charge on any atom is 0.192 e. The molecule has 2 aromatic rings. The van der Waals surface area contributed by atoms with Gasteiger partial charge in [0.15, 0.2) is 14.9 Å². The number of pyridine rings is 2. The van der Waals surface area contributed by atoms with E-state index in [2.05, 4.69) is 23.0 Å². The first kappa shape index (κ1) is 15.3. The molecule has 5 heteroatoms. The number of hydrogen-bond acceptors (Lipinski definition) is 4. The highest BCUT2D eigenvalue weighted by atomic mass is 32.2. The first-order valence-electron chi connectivity index (χ1n) is 5.82. The quantitative estimate of drug-likeness (QED) is 0.804. The van der Waals surface area contributed by atoms with E-state index in [9.17, 15) is 8.42 Å². The van der Waals surface area contributed by atoms with E-state index in [0.717, 1.165) is 11.9 Å². The summed E-state index contributed by atoms with van der Waals surface area (Å²) in [5.41, 5.74) is 3.09. The van der Waals surface area contributed by atoms with Gasteiger partial charge in [-0.1, -0.05) is 12.1 Å². The number of aryl methyl sites for hydroxylation is 3. The smallest absolute Gasteiger partial charge is 0.192 e. The van der Waals surface area contributed by atoms with E-state index in [1.807, 2.05) is 19.2 Å². The molecule has 19 heavy (non-hydrogen) atoms. The lowest BCUT2D eigenvalue weighted by molar-refractivity contribution is 0.598. The molecular formula is C14H18N2O2S. The maximum atomic E-state index is 10.9. The second kappa shape index (κ2) is 6.43. The van der Waals surface area contributed by atoms with E-state index in [1.54, 1.807) is 19.1 Å². The minimum Gasteiger partial charge on any atom is -0.261 e. The van der Waals surface area contributed by atoms with Gasteiger partial charge in [-0.15, -0.1) is 0 Å². The Kier molecular flexibility index (Phi) is 5.18. The summed E-state index contributed by atoms with van der Waals surface area (Å²) in [4.78, 5) is 7.94. The van der Waals surface area contributed by atoms with Crippen LogP contribution in [0.5, 0.6) is 0 Å². The van der Waals surface area contributed by atoms with E-state index in [1.165, 1.54) is 11.6 Å². The molecule has 2 rings (SSSR count). The highest BCUT2D eigenvalue weighted by Crippen LogP contribution is 2.04. The monoisotopic (exact) mass is 278 g/mol. The minimum atomic E-state index is -3.14. The second-order valence-electron chi connectivity index (χ2n) is 4.30. The van der Waals surface area contributed by atoms with Crippen LogP contribution < -0.4 is 0 Å². The molecule has 102 valence electrons. The Morgan fingerprint density at radius 2 is 1.68 bits per heavy atom. The lowest BCUT2D eigenvalue weighted by Crippen LogP contribution is -2.00. The predicted octanol–water partition coefficient (Wildman–Crippen LogP) is 2.49. The topological polar surface area (TPSA) is 59.9 Å². The van der Waals surface area contributed by atoms with Crippen molar-refractivity contribution in [2.75, 3.05) is 6.26 Å². The Labute approximate surface area is 114 Å². The van der Waals surface area contributed by atoms with Crippen molar-refractivity contribution in [3.63, 3.8) is 0 Å². The predicted molar refractivity (Wildman–Crippen MR) is 75.8 cm³/mol. The van der Waals surface area contributed by atoms with E-state index in [0.29, 0.717) is 5.69 Å². The van der Waals surface area contributed by atoms with Gasteiger partial charge in [0.2, 0.25) is 0 Å². The van der Waals surface area contributed by atoms with Gasteiger partial charge >= 0.3 is 0 Å². The third kappa shape index (κ3) is 5.18. The minimum absolute atomic E-state index is 0.137. The fourth-order valence-corrected chi connectivity index (χ4v) is 1.92. The molecule has 2 aromatic heterocycles. The van der Waals surface area contributed by atoms with Crippen LogP contribution >= 0.6 is 0 Å². The summed E-state index contributed by atoms with van der Waals surface area (Å²) < 4.78 is 21.8. The van der Waals surface area contributed by atoms with Gasteiger partial charge in [0.05, 0.1) is 0 Å². The zero-order chi connectivity index (χ0) is 14.5. The van der Waals surface area contributed by atoms with Gasteiger partial charge < -0.3 is 0 Å². The van der Waals surface area contributed by atoms with Crippen molar-refractivity contribution in [3.8, 4) is 0 Å². The van der Waals surface area contributed by atoms with Crippen molar-refractivity contribution in [1.82, 2.24) is 9.97 Å². The molecule has 0 atom stereocenters. The molecule has 0 bridgehead atoms. The summed E-state index contributed by atoms with van der Waals surface area (Å²) in [5, 5.41) is 0.137. The highest BCUT2D eigenvalue weighted by Gasteiger charge is 2.06. The van der Waals surface area contributed by atoms with Gasteiger partial charge in [-0.25, -0.2) is 13.4 Å². The molecule has 0 aliphatic carbocycles. The van der Waals surface area contributed by atoms with Crippen molar-refractivity contribution >= 4 is 9.84 Å². The molecule has 0 unspecified atom stereocenters. The largest absolute Gasteiger partial charge is 0.261 e. The van der Waals surface area contributed by atoms with Crippen molar-refractivity contribution in [3.05, 3.63) is 53.5 Å². The Morgan fingerprint density at radius 3 is 2.05 bits per heavy atom. The number of nitrogens with zero attached hydrogens (tertiary/aromatic N) is 2. The first-order valence-corrected chi connectivity index (χ1v) is 7.72. The Hall–Kier alpha value is -1.75. The van der Waals surface area contributed by atoms with Crippen molar-refractivity contribution < 1.29 is 8.42 Å². The molecule has 0 spiro atoms. The molecule has 4 nitrogen and oxygen atoms in total. The van der Waals surface area contributed by atoms with Crippen molar-refractivity contribution in [2.45, 2.75) is 25.8 Å². The third-order valence-corrected chi connectivity index (χ3v) is 3.50. The van der Waals surface area contributed by atoms with Crippen LogP contribution in [0.1, 0.15) is 17.0 Å². The maximum absolute atomic E-state index is 10.9. The van der Waals surface area contributed by atoms with E-state index in [-0.39, 0.29) is 5.03 Å². The Balaban J connectivity index is 0.000000200. The molecule has 2 heterocycles. The van der Waals surface area contributed by atoms with Crippen LogP contribution in [0.4, 0.5) is 0 Å². The van der Waals surface area contributed by atoms with Gasteiger partial charge in [0, 0.05) is 23.8 Å². The molecule has 0 N–H and O–H groups in total. The van der Waals surface area contributed by atoms with Gasteiger partial charge in [-0.2, -0.15) is 0 Å². The zero-order valence-electron chi connectivity index (χ0n) is 11.6. The van der Waals surface area contributed by atoms with Gasteiger partial charge in [-0.3, -0.25) is 4.98 Å². The molecule has 0 aliphatic heterocycles. The van der Waals surface area contributed by atoms with E-state index < -0.39 is 9.84 Å². The summed E-state index contributed by atoms with van der Waals surface area (Å²) >= 11 is 0. The molecule has 0 fully saturated rings. The lowest BCUT2D eigenvalue weighted by atomic mass is 10.2. The summed E-state index contributed by atoms with van der Waals surface area (Å²) in [5.74, 6) is 0. The number of rotatable bonds is 1. The average molecular weight is 278 g/mol. The summed E-state index contributed by atoms with van der Waals surface area (Å²) in [6.45, 7) is 5.83. The Morgan fingerprint density at radius 1 is 1.00 bits per heavy atom. The van der Waals surface area contributed by atoms with Crippen LogP contribution in [0, 0.1) is 20.8 Å². The van der Waals surface area contributed by atoms with Gasteiger partial charge in [-0.05, 0) is 44.5 Å². The number of sulfone groups is 1. The normalized spacial score (nSPS) is 10.5. The van der Waals surface area contributed by atoms with Crippen molar-refractivity contribution in [1.29, 1.82) is 0 Å². The summed E-state index contributed by atoms with van der Waals surface area (Å²) in [6.07, 6.45) is 2.96. The van der Waals surface area contributed by atoms with Crippen LogP contribution in [0.2, 0.25) is 0 Å². The molecule has 0 saturated carbocycles. The average Bonchev–Trinajstić information content (AvgIpc) is 2.33. The number of hydrogen-bond donors (Lipinski definition) is 0. The van der Waals surface area contributed by atoms with Gasteiger partial charge in [0.25, 0.3) is 0 Å². The Bertz CT molecular complexity index is 631. The standard InChI is InChI=1S/C7H9NO2S.C7H9N/c1-6-4-3-5-7(8-6)11(2,9)10;1-6-4-3-5-8-7(6)2/h3-5H,1-2H3;3-5H,1-2H3. The summed E-state index contributed by atoms with van der Waals surface area (Å²) in [6, 6.07) is 8.93. The fourth-order valence-electron chi connectivity index (χ4n) is 1.29. The van der Waals surface area contributed by atoms with Crippen LogP contribution in [0.25, 0.3) is 0 Å².